The average Bonchev–Trinajstić information content (AvgIpc) is 2.64. The molecule has 0 amide bonds. The summed E-state index contributed by atoms with van der Waals surface area (Å²) in [4.78, 5) is 0. The predicted octanol–water partition coefficient (Wildman–Crippen LogP) is -0.238. The minimum absolute atomic E-state index is 0.363. The normalized spacial score (nSPS) is 54.5. The van der Waals surface area contributed by atoms with Crippen LogP contribution in [0, 0.1) is 5.92 Å². The van der Waals surface area contributed by atoms with Gasteiger partial charge in [0.05, 0.1) is 25.4 Å². The number of ether oxygens (including phenoxy) is 2. The number of nitrogens with one attached hydrogen (secondary N) is 1. The Bertz CT molecular complexity index is 155. The fourth-order valence-corrected chi connectivity index (χ4v) is 2.60. The largest absolute Gasteiger partial charge is 0.373 e. The number of hydrogen-bond donors (Lipinski definition) is 1. The van der Waals surface area contributed by atoms with Crippen molar-refractivity contribution in [2.45, 2.75) is 24.7 Å². The Hall–Kier alpha value is -0.120. The standard InChI is InChI=1S/C8H13NO2/c1-2-11-8-6-3-5(4-9-6)7(8)10-1/h5-9H,1-4H2. The van der Waals surface area contributed by atoms with E-state index in [9.17, 15) is 0 Å². The molecule has 62 valence electrons. The van der Waals surface area contributed by atoms with Crippen LogP contribution < -0.4 is 5.32 Å². The van der Waals surface area contributed by atoms with Crippen molar-refractivity contribution < 1.29 is 9.47 Å². The van der Waals surface area contributed by atoms with Crippen LogP contribution in [0.25, 0.3) is 0 Å². The van der Waals surface area contributed by atoms with E-state index in [2.05, 4.69) is 5.32 Å². The van der Waals surface area contributed by atoms with Crippen molar-refractivity contribution in [2.75, 3.05) is 19.8 Å². The highest BCUT2D eigenvalue weighted by molar-refractivity contribution is 5.04. The molecule has 1 N–H and O–H groups in total. The quantitative estimate of drug-likeness (QED) is 0.524. The lowest BCUT2D eigenvalue weighted by Crippen LogP contribution is -2.51. The third-order valence-electron chi connectivity index (χ3n) is 3.09. The molecule has 3 nitrogen and oxygen atoms in total. The summed E-state index contributed by atoms with van der Waals surface area (Å²) in [5.74, 6) is 0.727. The van der Waals surface area contributed by atoms with Crippen LogP contribution in [0.1, 0.15) is 6.42 Å². The van der Waals surface area contributed by atoms with E-state index in [1.54, 1.807) is 0 Å². The predicted molar refractivity (Wildman–Crippen MR) is 39.4 cm³/mol. The first-order valence-corrected chi connectivity index (χ1v) is 4.42. The van der Waals surface area contributed by atoms with Crippen LogP contribution in [-0.2, 0) is 9.47 Å². The lowest BCUT2D eigenvalue weighted by Gasteiger charge is -2.35. The van der Waals surface area contributed by atoms with E-state index in [0.29, 0.717) is 18.2 Å². The SMILES string of the molecule is C1COC2C3CC(CN3)C2O1. The van der Waals surface area contributed by atoms with E-state index in [1.165, 1.54) is 6.42 Å². The second kappa shape index (κ2) is 2.19. The van der Waals surface area contributed by atoms with E-state index in [0.717, 1.165) is 25.7 Å². The summed E-state index contributed by atoms with van der Waals surface area (Å²) < 4.78 is 11.3. The van der Waals surface area contributed by atoms with Gasteiger partial charge in [0.15, 0.2) is 0 Å². The lowest BCUT2D eigenvalue weighted by molar-refractivity contribution is -0.150. The lowest BCUT2D eigenvalue weighted by atomic mass is 10.0. The van der Waals surface area contributed by atoms with E-state index in [4.69, 9.17) is 9.47 Å². The maximum atomic E-state index is 5.67. The average molecular weight is 155 g/mol. The molecular weight excluding hydrogens is 142 g/mol. The van der Waals surface area contributed by atoms with Crippen molar-refractivity contribution in [3.8, 4) is 0 Å². The van der Waals surface area contributed by atoms with Gasteiger partial charge in [-0.05, 0) is 6.42 Å². The van der Waals surface area contributed by atoms with Gasteiger partial charge in [0.1, 0.15) is 0 Å². The van der Waals surface area contributed by atoms with Gasteiger partial charge in [0, 0.05) is 18.5 Å². The summed E-state index contributed by atoms with van der Waals surface area (Å²) in [5, 5.41) is 3.45. The molecular formula is C8H13NO2. The molecule has 2 heterocycles. The Morgan fingerprint density at radius 2 is 1.91 bits per heavy atom. The molecule has 2 aliphatic heterocycles. The molecule has 1 aliphatic carbocycles. The summed E-state index contributed by atoms with van der Waals surface area (Å²) in [7, 11) is 0. The van der Waals surface area contributed by atoms with E-state index < -0.39 is 0 Å². The Kier molecular flexibility index (Phi) is 1.27. The third-order valence-corrected chi connectivity index (χ3v) is 3.09. The van der Waals surface area contributed by atoms with Crippen LogP contribution in [0.2, 0.25) is 0 Å². The molecule has 2 saturated heterocycles. The maximum absolute atomic E-state index is 5.67. The molecule has 0 radical (unpaired) electrons. The molecule has 0 aromatic heterocycles. The minimum Gasteiger partial charge on any atom is -0.373 e. The fraction of sp³-hybridized carbons (Fsp3) is 1.00. The van der Waals surface area contributed by atoms with Gasteiger partial charge in [-0.15, -0.1) is 0 Å². The van der Waals surface area contributed by atoms with Crippen LogP contribution >= 0.6 is 0 Å². The molecule has 11 heavy (non-hydrogen) atoms. The van der Waals surface area contributed by atoms with Gasteiger partial charge >= 0.3 is 0 Å². The Morgan fingerprint density at radius 3 is 2.73 bits per heavy atom. The maximum Gasteiger partial charge on any atom is 0.0993 e. The van der Waals surface area contributed by atoms with Gasteiger partial charge in [-0.25, -0.2) is 0 Å². The van der Waals surface area contributed by atoms with Gasteiger partial charge in [-0.1, -0.05) is 0 Å². The van der Waals surface area contributed by atoms with E-state index in [-0.39, 0.29) is 0 Å². The van der Waals surface area contributed by atoms with Crippen molar-refractivity contribution >= 4 is 0 Å². The Balaban J connectivity index is 1.84. The summed E-state index contributed by atoms with van der Waals surface area (Å²) >= 11 is 0. The molecule has 3 rings (SSSR count). The molecule has 3 aliphatic rings. The molecule has 2 bridgehead atoms. The smallest absolute Gasteiger partial charge is 0.0993 e. The summed E-state index contributed by atoms with van der Waals surface area (Å²) in [6.07, 6.45) is 2.03. The monoisotopic (exact) mass is 155 g/mol. The van der Waals surface area contributed by atoms with Crippen LogP contribution in [0.5, 0.6) is 0 Å². The number of rotatable bonds is 0. The highest BCUT2D eigenvalue weighted by Crippen LogP contribution is 2.37. The summed E-state index contributed by atoms with van der Waals surface area (Å²) in [5.41, 5.74) is 0. The highest BCUT2D eigenvalue weighted by atomic mass is 16.6. The molecule has 4 atom stereocenters. The van der Waals surface area contributed by atoms with Crippen LogP contribution in [0.15, 0.2) is 0 Å². The number of hydrogen-bond acceptors (Lipinski definition) is 3. The van der Waals surface area contributed by atoms with Crippen molar-refractivity contribution in [3.63, 3.8) is 0 Å². The van der Waals surface area contributed by atoms with Gasteiger partial charge in [-0.2, -0.15) is 0 Å². The molecule has 0 spiro atoms. The second-order valence-corrected chi connectivity index (χ2v) is 3.68. The van der Waals surface area contributed by atoms with Gasteiger partial charge in [0.2, 0.25) is 0 Å². The van der Waals surface area contributed by atoms with Crippen LogP contribution in [0.3, 0.4) is 0 Å². The zero-order valence-corrected chi connectivity index (χ0v) is 6.45. The van der Waals surface area contributed by atoms with Crippen molar-refractivity contribution in [1.82, 2.24) is 5.32 Å². The number of fused-ring (bicyclic) bond motifs is 5. The first-order chi connectivity index (χ1) is 5.45. The molecule has 0 aromatic carbocycles. The second-order valence-electron chi connectivity index (χ2n) is 3.68. The van der Waals surface area contributed by atoms with Crippen LogP contribution in [-0.4, -0.2) is 38.0 Å². The summed E-state index contributed by atoms with van der Waals surface area (Å²) in [6.45, 7) is 2.71. The molecule has 0 aromatic rings. The van der Waals surface area contributed by atoms with E-state index in [1.807, 2.05) is 0 Å². The number of piperidine rings is 1. The van der Waals surface area contributed by atoms with Crippen molar-refractivity contribution in [3.05, 3.63) is 0 Å². The zero-order valence-electron chi connectivity index (χ0n) is 6.45. The highest BCUT2D eigenvalue weighted by Gasteiger charge is 2.50. The molecule has 3 heteroatoms. The van der Waals surface area contributed by atoms with Gasteiger partial charge in [0.25, 0.3) is 0 Å². The summed E-state index contributed by atoms with van der Waals surface area (Å²) in [6, 6.07) is 0.588. The minimum atomic E-state index is 0.363. The zero-order chi connectivity index (χ0) is 7.26. The molecule has 3 fully saturated rings. The first kappa shape index (κ1) is 6.40. The third kappa shape index (κ3) is 0.789. The Labute approximate surface area is 66.1 Å². The Morgan fingerprint density at radius 1 is 1.09 bits per heavy atom. The molecule has 4 unspecified atom stereocenters. The van der Waals surface area contributed by atoms with E-state index >= 15 is 0 Å². The van der Waals surface area contributed by atoms with Gasteiger partial charge < -0.3 is 14.8 Å². The molecule has 1 saturated carbocycles. The fourth-order valence-electron chi connectivity index (χ4n) is 2.60. The van der Waals surface area contributed by atoms with Crippen LogP contribution in [0.4, 0.5) is 0 Å². The van der Waals surface area contributed by atoms with Crippen molar-refractivity contribution in [2.24, 2.45) is 5.92 Å². The van der Waals surface area contributed by atoms with Crippen molar-refractivity contribution in [1.29, 1.82) is 0 Å². The first-order valence-electron chi connectivity index (χ1n) is 4.42. The topological polar surface area (TPSA) is 30.5 Å². The van der Waals surface area contributed by atoms with Gasteiger partial charge in [-0.3, -0.25) is 0 Å².